The highest BCUT2D eigenvalue weighted by atomic mass is 16.5. The molecule has 0 radical (unpaired) electrons. The van der Waals surface area contributed by atoms with Gasteiger partial charge >= 0.3 is 0 Å². The summed E-state index contributed by atoms with van der Waals surface area (Å²) in [5.74, 6) is 13.7. The second-order valence-corrected chi connectivity index (χ2v) is 4.71. The zero-order valence-electron chi connectivity index (χ0n) is 12.9. The average molecular weight is 274 g/mol. The first-order chi connectivity index (χ1) is 10.2. The van der Waals surface area contributed by atoms with E-state index in [1.54, 1.807) is 0 Å². The number of ether oxygens (including phenoxy) is 1. The van der Waals surface area contributed by atoms with E-state index in [1.165, 1.54) is 0 Å². The smallest absolute Gasteiger partial charge is 0.131 e. The summed E-state index contributed by atoms with van der Waals surface area (Å²) >= 11 is 0. The molecule has 2 aromatic carbocycles. The van der Waals surface area contributed by atoms with Gasteiger partial charge in [0, 0.05) is 22.3 Å². The molecule has 0 heterocycles. The van der Waals surface area contributed by atoms with Gasteiger partial charge in [-0.05, 0) is 52.0 Å². The van der Waals surface area contributed by atoms with E-state index in [0.717, 1.165) is 33.8 Å². The summed E-state index contributed by atoms with van der Waals surface area (Å²) in [6.45, 7) is 7.73. The first-order valence-electron chi connectivity index (χ1n) is 6.90. The van der Waals surface area contributed by atoms with Crippen molar-refractivity contribution in [1.82, 2.24) is 0 Å². The van der Waals surface area contributed by atoms with Crippen molar-refractivity contribution in [2.45, 2.75) is 27.7 Å². The Morgan fingerprint density at radius 2 is 1.14 bits per heavy atom. The zero-order valence-corrected chi connectivity index (χ0v) is 12.9. The van der Waals surface area contributed by atoms with Gasteiger partial charge < -0.3 is 4.74 Å². The molecule has 1 heteroatoms. The highest BCUT2D eigenvalue weighted by Crippen LogP contribution is 2.30. The Hall–Kier alpha value is -2.64. The summed E-state index contributed by atoms with van der Waals surface area (Å²) in [5, 5.41) is 0. The molecule has 0 aliphatic heterocycles. The van der Waals surface area contributed by atoms with Crippen molar-refractivity contribution >= 4 is 0 Å². The van der Waals surface area contributed by atoms with Crippen LogP contribution < -0.4 is 4.74 Å². The van der Waals surface area contributed by atoms with Crippen molar-refractivity contribution in [3.63, 3.8) is 0 Å². The first-order valence-corrected chi connectivity index (χ1v) is 6.90. The summed E-state index contributed by atoms with van der Waals surface area (Å²) < 4.78 is 6.08. The molecule has 0 spiro atoms. The lowest BCUT2D eigenvalue weighted by Crippen LogP contribution is -1.94. The quantitative estimate of drug-likeness (QED) is 0.712. The Kier molecular flexibility index (Phi) is 4.70. The van der Waals surface area contributed by atoms with E-state index in [1.807, 2.05) is 64.1 Å². The van der Waals surface area contributed by atoms with Crippen molar-refractivity contribution in [3.05, 3.63) is 58.7 Å². The van der Waals surface area contributed by atoms with Crippen LogP contribution in [-0.4, -0.2) is 0 Å². The minimum atomic E-state index is 0.833. The van der Waals surface area contributed by atoms with Crippen molar-refractivity contribution in [2.75, 3.05) is 0 Å². The maximum atomic E-state index is 6.08. The molecule has 0 saturated carbocycles. The second kappa shape index (κ2) is 6.69. The molecule has 0 aliphatic carbocycles. The van der Waals surface area contributed by atoms with Crippen molar-refractivity contribution < 1.29 is 4.74 Å². The van der Waals surface area contributed by atoms with Gasteiger partial charge in [-0.1, -0.05) is 24.0 Å². The molecule has 0 aromatic heterocycles. The van der Waals surface area contributed by atoms with E-state index in [4.69, 9.17) is 4.74 Å². The molecule has 104 valence electrons. The summed E-state index contributed by atoms with van der Waals surface area (Å²) in [4.78, 5) is 0. The van der Waals surface area contributed by atoms with Crippen LogP contribution in [0.5, 0.6) is 11.5 Å². The lowest BCUT2D eigenvalue weighted by atomic mass is 10.1. The topological polar surface area (TPSA) is 9.23 Å². The van der Waals surface area contributed by atoms with Gasteiger partial charge in [-0.3, -0.25) is 0 Å². The predicted molar refractivity (Wildman–Crippen MR) is 87.5 cm³/mol. The van der Waals surface area contributed by atoms with Crippen molar-refractivity contribution in [1.29, 1.82) is 0 Å². The molecule has 21 heavy (non-hydrogen) atoms. The molecule has 0 aliphatic rings. The molecule has 0 N–H and O–H groups in total. The summed E-state index contributed by atoms with van der Waals surface area (Å²) in [6, 6.07) is 11.9. The maximum absolute atomic E-state index is 6.08. The van der Waals surface area contributed by atoms with E-state index in [2.05, 4.69) is 23.7 Å². The predicted octanol–water partition coefficient (Wildman–Crippen LogP) is 4.84. The Bertz CT molecular complexity index is 709. The number of benzene rings is 2. The Morgan fingerprint density at radius 3 is 1.52 bits per heavy atom. The average Bonchev–Trinajstić information content (AvgIpc) is 2.48. The molecule has 1 nitrogen and oxygen atoms in total. The molecule has 0 fully saturated rings. The Morgan fingerprint density at radius 1 is 0.714 bits per heavy atom. The monoisotopic (exact) mass is 274 g/mol. The fourth-order valence-corrected chi connectivity index (χ4v) is 2.11. The molecule has 0 unspecified atom stereocenters. The SMILES string of the molecule is CC#Cc1cccc(Oc2cccc(C#CC)c2C)c1C. The molecule has 2 rings (SSSR count). The van der Waals surface area contributed by atoms with E-state index >= 15 is 0 Å². The van der Waals surface area contributed by atoms with Gasteiger partial charge in [-0.15, -0.1) is 11.8 Å². The van der Waals surface area contributed by atoms with Crippen LogP contribution in [0.3, 0.4) is 0 Å². The fourth-order valence-electron chi connectivity index (χ4n) is 2.11. The largest absolute Gasteiger partial charge is 0.457 e. The van der Waals surface area contributed by atoms with Crippen LogP contribution in [0.25, 0.3) is 0 Å². The molecule has 0 bridgehead atoms. The molecular weight excluding hydrogens is 256 g/mol. The zero-order chi connectivity index (χ0) is 15.2. The van der Waals surface area contributed by atoms with Crippen LogP contribution >= 0.6 is 0 Å². The third kappa shape index (κ3) is 3.28. The summed E-state index contributed by atoms with van der Waals surface area (Å²) in [6.07, 6.45) is 0. The fraction of sp³-hybridized carbons (Fsp3) is 0.200. The number of rotatable bonds is 2. The third-order valence-electron chi connectivity index (χ3n) is 3.31. The van der Waals surface area contributed by atoms with Crippen LogP contribution in [0.4, 0.5) is 0 Å². The van der Waals surface area contributed by atoms with Gasteiger partial charge in [-0.2, -0.15) is 0 Å². The Balaban J connectivity index is 2.42. The minimum absolute atomic E-state index is 0.833. The summed E-state index contributed by atoms with van der Waals surface area (Å²) in [5.41, 5.74) is 4.10. The first kappa shape index (κ1) is 14.8. The van der Waals surface area contributed by atoms with Gasteiger partial charge in [0.25, 0.3) is 0 Å². The lowest BCUT2D eigenvalue weighted by molar-refractivity contribution is 0.475. The van der Waals surface area contributed by atoms with Crippen molar-refractivity contribution in [2.24, 2.45) is 0 Å². The molecule has 0 atom stereocenters. The second-order valence-electron chi connectivity index (χ2n) is 4.71. The van der Waals surface area contributed by atoms with Crippen LogP contribution in [0.1, 0.15) is 36.1 Å². The highest BCUT2D eigenvalue weighted by Gasteiger charge is 2.08. The Labute approximate surface area is 127 Å². The molecular formula is C20H18O. The van der Waals surface area contributed by atoms with Crippen LogP contribution in [0, 0.1) is 37.5 Å². The van der Waals surface area contributed by atoms with Gasteiger partial charge in [0.05, 0.1) is 0 Å². The summed E-state index contributed by atoms with van der Waals surface area (Å²) in [7, 11) is 0. The molecule has 0 saturated heterocycles. The van der Waals surface area contributed by atoms with E-state index in [9.17, 15) is 0 Å². The van der Waals surface area contributed by atoms with E-state index in [0.29, 0.717) is 0 Å². The number of hydrogen-bond acceptors (Lipinski definition) is 1. The molecule has 0 amide bonds. The standard InChI is InChI=1S/C20H18O/c1-5-9-17-11-7-13-19(15(17)3)21-20-14-8-12-18(10-6-2)16(20)4/h7-8,11-14H,1-4H3. The highest BCUT2D eigenvalue weighted by molar-refractivity contribution is 5.52. The van der Waals surface area contributed by atoms with Crippen LogP contribution in [-0.2, 0) is 0 Å². The van der Waals surface area contributed by atoms with Gasteiger partial charge in [-0.25, -0.2) is 0 Å². The number of hydrogen-bond donors (Lipinski definition) is 0. The van der Waals surface area contributed by atoms with E-state index in [-0.39, 0.29) is 0 Å². The molecule has 2 aromatic rings. The van der Waals surface area contributed by atoms with Crippen molar-refractivity contribution in [3.8, 4) is 35.2 Å². The maximum Gasteiger partial charge on any atom is 0.131 e. The van der Waals surface area contributed by atoms with Gasteiger partial charge in [0.1, 0.15) is 11.5 Å². The normalized spacial score (nSPS) is 9.14. The van der Waals surface area contributed by atoms with E-state index < -0.39 is 0 Å². The van der Waals surface area contributed by atoms with Crippen LogP contribution in [0.2, 0.25) is 0 Å². The van der Waals surface area contributed by atoms with Gasteiger partial charge in [0.15, 0.2) is 0 Å². The van der Waals surface area contributed by atoms with Gasteiger partial charge in [0.2, 0.25) is 0 Å². The lowest BCUT2D eigenvalue weighted by Gasteiger charge is -2.13. The third-order valence-corrected chi connectivity index (χ3v) is 3.31. The minimum Gasteiger partial charge on any atom is -0.457 e. The van der Waals surface area contributed by atoms with Crippen LogP contribution in [0.15, 0.2) is 36.4 Å².